The SMILES string of the molecule is CC(Oc1cccc(C(C)(C)C)c1)c1nc(C2(N)CCCC2)no1. The molecule has 2 aromatic rings. The smallest absolute Gasteiger partial charge is 0.267 e. The Morgan fingerprint density at radius 3 is 2.62 bits per heavy atom. The Kier molecular flexibility index (Phi) is 4.38. The monoisotopic (exact) mass is 329 g/mol. The van der Waals surface area contributed by atoms with Crippen molar-refractivity contribution in [1.29, 1.82) is 0 Å². The quantitative estimate of drug-likeness (QED) is 0.908. The van der Waals surface area contributed by atoms with Gasteiger partial charge < -0.3 is 15.0 Å². The summed E-state index contributed by atoms with van der Waals surface area (Å²) >= 11 is 0. The molecule has 0 bridgehead atoms. The van der Waals surface area contributed by atoms with Crippen LogP contribution in [0.3, 0.4) is 0 Å². The topological polar surface area (TPSA) is 74.2 Å². The Morgan fingerprint density at radius 2 is 1.96 bits per heavy atom. The van der Waals surface area contributed by atoms with Crippen LogP contribution in [0.4, 0.5) is 0 Å². The van der Waals surface area contributed by atoms with Gasteiger partial charge in [-0.25, -0.2) is 0 Å². The van der Waals surface area contributed by atoms with E-state index in [-0.39, 0.29) is 11.5 Å². The predicted molar refractivity (Wildman–Crippen MR) is 92.8 cm³/mol. The lowest BCUT2D eigenvalue weighted by atomic mass is 9.87. The highest BCUT2D eigenvalue weighted by molar-refractivity contribution is 5.32. The van der Waals surface area contributed by atoms with Crippen molar-refractivity contribution < 1.29 is 9.26 Å². The Bertz CT molecular complexity index is 697. The molecule has 1 heterocycles. The number of aromatic nitrogens is 2. The summed E-state index contributed by atoms with van der Waals surface area (Å²) in [6.45, 7) is 8.46. The van der Waals surface area contributed by atoms with Crippen molar-refractivity contribution in [1.82, 2.24) is 10.1 Å². The number of ether oxygens (including phenoxy) is 1. The van der Waals surface area contributed by atoms with E-state index in [0.717, 1.165) is 31.4 Å². The molecule has 0 spiro atoms. The van der Waals surface area contributed by atoms with E-state index in [2.05, 4.69) is 43.0 Å². The van der Waals surface area contributed by atoms with E-state index in [9.17, 15) is 0 Å². The maximum absolute atomic E-state index is 6.39. The van der Waals surface area contributed by atoms with Gasteiger partial charge in [-0.05, 0) is 42.9 Å². The molecule has 1 unspecified atom stereocenters. The highest BCUT2D eigenvalue weighted by Crippen LogP contribution is 2.35. The van der Waals surface area contributed by atoms with Crippen LogP contribution in [0.5, 0.6) is 5.75 Å². The van der Waals surface area contributed by atoms with E-state index >= 15 is 0 Å². The first kappa shape index (κ1) is 17.0. The zero-order valence-corrected chi connectivity index (χ0v) is 15.0. The standard InChI is InChI=1S/C19H27N3O2/c1-13(23-15-9-7-8-14(12-15)18(2,3)4)16-21-17(22-24-16)19(20)10-5-6-11-19/h7-9,12-13H,5-6,10-11,20H2,1-4H3. The number of hydrogen-bond donors (Lipinski definition) is 1. The number of benzene rings is 1. The summed E-state index contributed by atoms with van der Waals surface area (Å²) in [5.74, 6) is 1.88. The van der Waals surface area contributed by atoms with Crippen molar-refractivity contribution in [3.05, 3.63) is 41.5 Å². The van der Waals surface area contributed by atoms with Crippen LogP contribution in [-0.4, -0.2) is 10.1 Å². The van der Waals surface area contributed by atoms with Gasteiger partial charge >= 0.3 is 0 Å². The Labute approximate surface area is 143 Å². The van der Waals surface area contributed by atoms with Gasteiger partial charge in [0.1, 0.15) is 5.75 Å². The van der Waals surface area contributed by atoms with Crippen LogP contribution in [0.1, 0.15) is 76.8 Å². The van der Waals surface area contributed by atoms with Gasteiger partial charge in [0, 0.05) is 0 Å². The molecule has 5 nitrogen and oxygen atoms in total. The number of nitrogens with two attached hydrogens (primary N) is 1. The molecule has 2 N–H and O–H groups in total. The molecule has 130 valence electrons. The van der Waals surface area contributed by atoms with Crippen molar-refractivity contribution >= 4 is 0 Å². The maximum Gasteiger partial charge on any atom is 0.267 e. The molecule has 1 saturated carbocycles. The molecule has 1 aromatic heterocycles. The molecule has 1 atom stereocenters. The average Bonchev–Trinajstić information content (AvgIpc) is 3.16. The minimum atomic E-state index is -0.437. The van der Waals surface area contributed by atoms with Gasteiger partial charge in [0.25, 0.3) is 5.89 Å². The van der Waals surface area contributed by atoms with Crippen LogP contribution in [0, 0.1) is 0 Å². The lowest BCUT2D eigenvalue weighted by Crippen LogP contribution is -2.34. The van der Waals surface area contributed by atoms with Crippen molar-refractivity contribution in [2.24, 2.45) is 5.73 Å². The van der Waals surface area contributed by atoms with Crippen LogP contribution in [0.25, 0.3) is 0 Å². The summed E-state index contributed by atoms with van der Waals surface area (Å²) in [5, 5.41) is 4.10. The third kappa shape index (κ3) is 3.46. The second kappa shape index (κ2) is 6.20. The second-order valence-electron chi connectivity index (χ2n) is 7.86. The third-order valence-electron chi connectivity index (χ3n) is 4.74. The number of rotatable bonds is 4. The zero-order chi connectivity index (χ0) is 17.4. The first-order valence-electron chi connectivity index (χ1n) is 8.68. The average molecular weight is 329 g/mol. The fourth-order valence-electron chi connectivity index (χ4n) is 3.12. The summed E-state index contributed by atoms with van der Waals surface area (Å²) in [6, 6.07) is 8.13. The largest absolute Gasteiger partial charge is 0.481 e. The van der Waals surface area contributed by atoms with E-state index in [1.807, 2.05) is 19.1 Å². The lowest BCUT2D eigenvalue weighted by molar-refractivity contribution is 0.175. The molecular weight excluding hydrogens is 302 g/mol. The van der Waals surface area contributed by atoms with Crippen molar-refractivity contribution in [3.8, 4) is 5.75 Å². The van der Waals surface area contributed by atoms with Crippen LogP contribution in [0.15, 0.2) is 28.8 Å². The minimum absolute atomic E-state index is 0.0780. The fourth-order valence-corrected chi connectivity index (χ4v) is 3.12. The molecule has 1 fully saturated rings. The van der Waals surface area contributed by atoms with E-state index in [1.54, 1.807) is 0 Å². The Hall–Kier alpha value is -1.88. The number of nitrogens with zero attached hydrogens (tertiary/aromatic N) is 2. The molecule has 1 aromatic carbocycles. The molecule has 0 radical (unpaired) electrons. The summed E-state index contributed by atoms with van der Waals surface area (Å²) in [6.07, 6.45) is 3.74. The molecule has 1 aliphatic rings. The van der Waals surface area contributed by atoms with E-state index in [4.69, 9.17) is 15.0 Å². The van der Waals surface area contributed by atoms with E-state index in [0.29, 0.717) is 11.7 Å². The molecule has 5 heteroatoms. The first-order chi connectivity index (χ1) is 11.3. The summed E-state index contributed by atoms with van der Waals surface area (Å²) < 4.78 is 11.4. The molecule has 24 heavy (non-hydrogen) atoms. The molecule has 0 aliphatic heterocycles. The van der Waals surface area contributed by atoms with Gasteiger partial charge in [0.05, 0.1) is 5.54 Å². The van der Waals surface area contributed by atoms with E-state index < -0.39 is 5.54 Å². The normalized spacial score (nSPS) is 18.5. The zero-order valence-electron chi connectivity index (χ0n) is 15.0. The molecular formula is C19H27N3O2. The molecule has 0 amide bonds. The van der Waals surface area contributed by atoms with Gasteiger partial charge in [-0.1, -0.05) is 50.9 Å². The van der Waals surface area contributed by atoms with Gasteiger partial charge in [-0.15, -0.1) is 0 Å². The molecule has 3 rings (SSSR count). The van der Waals surface area contributed by atoms with Gasteiger partial charge in [0.15, 0.2) is 11.9 Å². The first-order valence-corrected chi connectivity index (χ1v) is 8.68. The van der Waals surface area contributed by atoms with Crippen LogP contribution in [-0.2, 0) is 11.0 Å². The highest BCUT2D eigenvalue weighted by atomic mass is 16.5. The van der Waals surface area contributed by atoms with Gasteiger partial charge in [0.2, 0.25) is 0 Å². The summed E-state index contributed by atoms with van der Waals surface area (Å²) in [4.78, 5) is 4.50. The van der Waals surface area contributed by atoms with Gasteiger partial charge in [-0.2, -0.15) is 4.98 Å². The second-order valence-corrected chi connectivity index (χ2v) is 7.86. The van der Waals surface area contributed by atoms with Crippen LogP contribution in [0.2, 0.25) is 0 Å². The van der Waals surface area contributed by atoms with Gasteiger partial charge in [-0.3, -0.25) is 0 Å². The summed E-state index contributed by atoms with van der Waals surface area (Å²) in [5.41, 5.74) is 7.26. The van der Waals surface area contributed by atoms with E-state index in [1.165, 1.54) is 5.56 Å². The predicted octanol–water partition coefficient (Wildman–Crippen LogP) is 4.24. The van der Waals surface area contributed by atoms with Crippen molar-refractivity contribution in [2.75, 3.05) is 0 Å². The third-order valence-corrected chi connectivity index (χ3v) is 4.74. The lowest BCUT2D eigenvalue weighted by Gasteiger charge is -2.20. The maximum atomic E-state index is 6.39. The fraction of sp³-hybridized carbons (Fsp3) is 0.579. The van der Waals surface area contributed by atoms with Crippen molar-refractivity contribution in [2.45, 2.75) is 70.4 Å². The van der Waals surface area contributed by atoms with Crippen LogP contribution >= 0.6 is 0 Å². The summed E-state index contributed by atoms with van der Waals surface area (Å²) in [7, 11) is 0. The van der Waals surface area contributed by atoms with Crippen molar-refractivity contribution in [3.63, 3.8) is 0 Å². The molecule has 1 aliphatic carbocycles. The minimum Gasteiger partial charge on any atom is -0.481 e. The van der Waals surface area contributed by atoms with Crippen LogP contribution < -0.4 is 10.5 Å². The number of hydrogen-bond acceptors (Lipinski definition) is 5. The molecule has 0 saturated heterocycles. The Morgan fingerprint density at radius 1 is 1.25 bits per heavy atom. The Balaban J connectivity index is 1.74. The highest BCUT2D eigenvalue weighted by Gasteiger charge is 2.36.